The maximum Gasteiger partial charge on any atom is 0.329 e. The van der Waals surface area contributed by atoms with E-state index in [-0.39, 0.29) is 25.0 Å². The summed E-state index contributed by atoms with van der Waals surface area (Å²) < 4.78 is 9.69. The number of amides is 1. The second-order valence-corrected chi connectivity index (χ2v) is 6.75. The predicted octanol–water partition coefficient (Wildman–Crippen LogP) is 1.00. The summed E-state index contributed by atoms with van der Waals surface area (Å²) in [6.45, 7) is 8.11. The molecule has 0 aromatic carbocycles. The predicted molar refractivity (Wildman–Crippen MR) is 91.8 cm³/mol. The molecule has 0 rings (SSSR count). The Balaban J connectivity index is 4.84. The van der Waals surface area contributed by atoms with Gasteiger partial charge in [0.2, 0.25) is 11.7 Å². The summed E-state index contributed by atoms with van der Waals surface area (Å²) in [5, 5.41) is 0.848. The average Bonchev–Trinajstić information content (AvgIpc) is 2.51. The van der Waals surface area contributed by atoms with Crippen LogP contribution in [0.25, 0.3) is 0 Å². The molecule has 25 heavy (non-hydrogen) atoms. The second kappa shape index (κ2) is 11.6. The zero-order valence-corrected chi connectivity index (χ0v) is 15.9. The molecule has 0 aromatic heterocycles. The van der Waals surface area contributed by atoms with Gasteiger partial charge in [0, 0.05) is 11.7 Å². The number of ether oxygens (including phenoxy) is 2. The van der Waals surface area contributed by atoms with Crippen LogP contribution in [-0.2, 0) is 33.4 Å². The lowest BCUT2D eigenvalue weighted by molar-refractivity contribution is -0.150. The lowest BCUT2D eigenvalue weighted by atomic mass is 10.2. The van der Waals surface area contributed by atoms with Crippen LogP contribution in [0.15, 0.2) is 0 Å². The third-order valence-electron chi connectivity index (χ3n) is 2.84. The Morgan fingerprint density at radius 2 is 1.64 bits per heavy atom. The molecule has 0 saturated heterocycles. The highest BCUT2D eigenvalue weighted by molar-refractivity contribution is 8.16. The van der Waals surface area contributed by atoms with Crippen molar-refractivity contribution in [1.29, 1.82) is 0 Å². The number of ketones is 1. The van der Waals surface area contributed by atoms with Gasteiger partial charge < -0.3 is 14.8 Å². The SMILES string of the molecule is CCOC(=O)C(NC(=O)CC)C(C)SC(=O)C(=O)CC(=O)OC(C)C. The summed E-state index contributed by atoms with van der Waals surface area (Å²) in [6.07, 6.45) is -0.900. The maximum absolute atomic E-state index is 12.0. The van der Waals surface area contributed by atoms with E-state index in [0.29, 0.717) is 11.8 Å². The van der Waals surface area contributed by atoms with Gasteiger partial charge in [-0.3, -0.25) is 19.2 Å². The largest absolute Gasteiger partial charge is 0.464 e. The molecule has 1 N–H and O–H groups in total. The summed E-state index contributed by atoms with van der Waals surface area (Å²) in [4.78, 5) is 58.7. The smallest absolute Gasteiger partial charge is 0.329 e. The van der Waals surface area contributed by atoms with E-state index in [1.165, 1.54) is 6.92 Å². The van der Waals surface area contributed by atoms with Crippen molar-refractivity contribution in [3.05, 3.63) is 0 Å². The Morgan fingerprint density at radius 3 is 2.12 bits per heavy atom. The molecule has 0 aliphatic heterocycles. The van der Waals surface area contributed by atoms with E-state index in [4.69, 9.17) is 9.47 Å². The standard InChI is InChI=1S/C16H25NO7S/c1-6-12(19)17-14(15(21)23-7-2)10(5)25-16(22)11(18)8-13(20)24-9(3)4/h9-10,14H,6-8H2,1-5H3,(H,17,19). The molecule has 0 spiro atoms. The number of carbonyl (C=O) groups is 5. The van der Waals surface area contributed by atoms with Gasteiger partial charge in [-0.15, -0.1) is 0 Å². The summed E-state index contributed by atoms with van der Waals surface area (Å²) in [6, 6.07) is -1.07. The van der Waals surface area contributed by atoms with Crippen molar-refractivity contribution in [2.75, 3.05) is 6.61 Å². The van der Waals surface area contributed by atoms with Gasteiger partial charge in [0.1, 0.15) is 12.5 Å². The van der Waals surface area contributed by atoms with E-state index in [1.54, 1.807) is 27.7 Å². The van der Waals surface area contributed by atoms with E-state index in [9.17, 15) is 24.0 Å². The lowest BCUT2D eigenvalue weighted by Crippen LogP contribution is -2.47. The Labute approximate surface area is 151 Å². The van der Waals surface area contributed by atoms with Crippen LogP contribution in [0.2, 0.25) is 0 Å². The topological polar surface area (TPSA) is 116 Å². The number of rotatable bonds is 10. The number of carbonyl (C=O) groups excluding carboxylic acids is 5. The van der Waals surface area contributed by atoms with E-state index in [0.717, 1.165) is 0 Å². The van der Waals surface area contributed by atoms with Crippen molar-refractivity contribution in [3.63, 3.8) is 0 Å². The third-order valence-corrected chi connectivity index (χ3v) is 3.93. The number of nitrogens with one attached hydrogen (secondary N) is 1. The fourth-order valence-electron chi connectivity index (χ4n) is 1.69. The van der Waals surface area contributed by atoms with Gasteiger partial charge in [-0.05, 0) is 20.8 Å². The van der Waals surface area contributed by atoms with E-state index < -0.39 is 40.5 Å². The Bertz CT molecular complexity index is 519. The van der Waals surface area contributed by atoms with Gasteiger partial charge in [-0.25, -0.2) is 4.79 Å². The van der Waals surface area contributed by atoms with Crippen LogP contribution in [0.1, 0.15) is 47.5 Å². The lowest BCUT2D eigenvalue weighted by Gasteiger charge is -2.22. The van der Waals surface area contributed by atoms with Gasteiger partial charge in [0.25, 0.3) is 5.12 Å². The third kappa shape index (κ3) is 9.23. The van der Waals surface area contributed by atoms with E-state index >= 15 is 0 Å². The molecular weight excluding hydrogens is 350 g/mol. The van der Waals surface area contributed by atoms with Gasteiger partial charge in [0.15, 0.2) is 0 Å². The highest BCUT2D eigenvalue weighted by Crippen LogP contribution is 2.18. The first-order valence-electron chi connectivity index (χ1n) is 8.01. The highest BCUT2D eigenvalue weighted by Gasteiger charge is 2.32. The second-order valence-electron chi connectivity index (χ2n) is 5.40. The van der Waals surface area contributed by atoms with Crippen molar-refractivity contribution in [2.45, 2.75) is 64.9 Å². The quantitative estimate of drug-likeness (QED) is 0.342. The molecule has 0 saturated carbocycles. The Kier molecular flexibility index (Phi) is 10.7. The van der Waals surface area contributed by atoms with Crippen LogP contribution in [-0.4, -0.2) is 52.7 Å². The first-order chi connectivity index (χ1) is 11.6. The van der Waals surface area contributed by atoms with Gasteiger partial charge in [-0.1, -0.05) is 25.6 Å². The fourth-order valence-corrected chi connectivity index (χ4v) is 2.54. The molecule has 2 unspecified atom stereocenters. The van der Waals surface area contributed by atoms with Crippen molar-refractivity contribution >= 4 is 40.5 Å². The molecule has 2 atom stereocenters. The highest BCUT2D eigenvalue weighted by atomic mass is 32.2. The van der Waals surface area contributed by atoms with Gasteiger partial charge in [0.05, 0.1) is 12.7 Å². The van der Waals surface area contributed by atoms with Crippen molar-refractivity contribution in [2.24, 2.45) is 0 Å². The number of Topliss-reactive ketones (excluding diaryl/α,β-unsaturated/α-hetero) is 1. The van der Waals surface area contributed by atoms with Crippen LogP contribution in [0.4, 0.5) is 0 Å². The summed E-state index contributed by atoms with van der Waals surface area (Å²) in [7, 11) is 0. The maximum atomic E-state index is 12.0. The summed E-state index contributed by atoms with van der Waals surface area (Å²) in [5.41, 5.74) is 0. The summed E-state index contributed by atoms with van der Waals surface area (Å²) in [5.74, 6) is -2.79. The first-order valence-corrected chi connectivity index (χ1v) is 8.89. The number of hydrogen-bond acceptors (Lipinski definition) is 8. The first kappa shape index (κ1) is 23.1. The molecule has 0 bridgehead atoms. The fraction of sp³-hybridized carbons (Fsp3) is 0.688. The normalized spacial score (nSPS) is 12.9. The molecule has 0 aromatic rings. The summed E-state index contributed by atoms with van der Waals surface area (Å²) >= 11 is 0.572. The van der Waals surface area contributed by atoms with Crippen LogP contribution in [0, 0.1) is 0 Å². The monoisotopic (exact) mass is 375 g/mol. The number of hydrogen-bond donors (Lipinski definition) is 1. The van der Waals surface area contributed by atoms with Gasteiger partial charge >= 0.3 is 11.9 Å². The van der Waals surface area contributed by atoms with Crippen LogP contribution in [0.5, 0.6) is 0 Å². The molecule has 0 fully saturated rings. The average molecular weight is 375 g/mol. The van der Waals surface area contributed by atoms with E-state index in [2.05, 4.69) is 5.32 Å². The van der Waals surface area contributed by atoms with Crippen molar-refractivity contribution in [1.82, 2.24) is 5.32 Å². The molecule has 0 heterocycles. The van der Waals surface area contributed by atoms with Crippen LogP contribution >= 0.6 is 11.8 Å². The van der Waals surface area contributed by atoms with E-state index in [1.807, 2.05) is 0 Å². The molecule has 0 radical (unpaired) electrons. The molecule has 0 aliphatic carbocycles. The van der Waals surface area contributed by atoms with Crippen LogP contribution < -0.4 is 5.32 Å². The minimum Gasteiger partial charge on any atom is -0.464 e. The number of esters is 2. The Morgan fingerprint density at radius 1 is 1.04 bits per heavy atom. The molecule has 8 nitrogen and oxygen atoms in total. The van der Waals surface area contributed by atoms with Crippen LogP contribution in [0.3, 0.4) is 0 Å². The molecule has 9 heteroatoms. The van der Waals surface area contributed by atoms with Crippen molar-refractivity contribution < 1.29 is 33.4 Å². The van der Waals surface area contributed by atoms with Gasteiger partial charge in [-0.2, -0.15) is 0 Å². The van der Waals surface area contributed by atoms with Crippen molar-refractivity contribution in [3.8, 4) is 0 Å². The molecule has 1 amide bonds. The minimum absolute atomic E-state index is 0.114. The molecular formula is C16H25NO7S. The Hall–Kier alpha value is -1.90. The molecule has 142 valence electrons. The minimum atomic E-state index is -1.07. The molecule has 0 aliphatic rings. The zero-order valence-electron chi connectivity index (χ0n) is 15.1. The number of thioether (sulfide) groups is 1. The zero-order chi connectivity index (χ0) is 19.6.